The van der Waals surface area contributed by atoms with E-state index in [1.165, 1.54) is 6.42 Å². The highest BCUT2D eigenvalue weighted by atomic mass is 15.2. The molecule has 1 aliphatic rings. The van der Waals surface area contributed by atoms with Crippen LogP contribution >= 0.6 is 0 Å². The summed E-state index contributed by atoms with van der Waals surface area (Å²) in [5.74, 6) is 1.32. The number of hydrogen-bond donors (Lipinski definition) is 3. The highest BCUT2D eigenvalue weighted by Crippen LogP contribution is 2.26. The number of aromatic nitrogens is 7. The maximum atomic E-state index is 4.53. The molecule has 0 aromatic carbocycles. The minimum atomic E-state index is 0.352. The van der Waals surface area contributed by atoms with Gasteiger partial charge in [0.1, 0.15) is 0 Å². The third-order valence-electron chi connectivity index (χ3n) is 4.70. The molecule has 1 unspecified atom stereocenters. The number of nitrogens with one attached hydrogen (secondary N) is 3. The first-order valence-electron chi connectivity index (χ1n) is 8.64. The first-order chi connectivity index (χ1) is 12.8. The molecule has 0 saturated carbocycles. The summed E-state index contributed by atoms with van der Waals surface area (Å²) >= 11 is 0. The molecule has 0 aliphatic carbocycles. The van der Waals surface area contributed by atoms with Crippen molar-refractivity contribution in [3.8, 4) is 11.3 Å². The fourth-order valence-corrected chi connectivity index (χ4v) is 3.41. The van der Waals surface area contributed by atoms with Gasteiger partial charge in [0.2, 0.25) is 5.95 Å². The van der Waals surface area contributed by atoms with Crippen LogP contribution in [0.5, 0.6) is 0 Å². The molecule has 0 bridgehead atoms. The highest BCUT2D eigenvalue weighted by Gasteiger charge is 2.19. The number of rotatable bonds is 4. The van der Waals surface area contributed by atoms with Gasteiger partial charge in [0.05, 0.1) is 30.0 Å². The zero-order chi connectivity index (χ0) is 17.5. The van der Waals surface area contributed by atoms with E-state index in [0.29, 0.717) is 17.8 Å². The first kappa shape index (κ1) is 15.1. The topological polar surface area (TPSA) is 101 Å². The minimum Gasteiger partial charge on any atom is -0.326 e. The zero-order valence-corrected chi connectivity index (χ0v) is 14.3. The Hall–Kier alpha value is -3.20. The van der Waals surface area contributed by atoms with E-state index in [9.17, 15) is 0 Å². The van der Waals surface area contributed by atoms with Gasteiger partial charge in [0.15, 0.2) is 11.5 Å². The number of H-pyrrole nitrogens is 1. The van der Waals surface area contributed by atoms with Gasteiger partial charge in [-0.15, -0.1) is 0 Å². The molecule has 0 radical (unpaired) electrons. The van der Waals surface area contributed by atoms with Crippen LogP contribution in [0.25, 0.3) is 16.9 Å². The molecule has 132 valence electrons. The predicted molar refractivity (Wildman–Crippen MR) is 97.0 cm³/mol. The van der Waals surface area contributed by atoms with Crippen molar-refractivity contribution in [3.63, 3.8) is 0 Å². The lowest BCUT2D eigenvalue weighted by Gasteiger charge is -2.07. The summed E-state index contributed by atoms with van der Waals surface area (Å²) in [4.78, 5) is 16.7. The summed E-state index contributed by atoms with van der Waals surface area (Å²) in [5, 5.41) is 10.9. The number of aromatic amines is 1. The largest absolute Gasteiger partial charge is 0.326 e. The van der Waals surface area contributed by atoms with Crippen molar-refractivity contribution in [1.82, 2.24) is 39.4 Å². The molecule has 1 atom stereocenters. The van der Waals surface area contributed by atoms with Crippen molar-refractivity contribution in [1.29, 1.82) is 0 Å². The van der Waals surface area contributed by atoms with Gasteiger partial charge < -0.3 is 15.6 Å². The molecular weight excluding hydrogens is 330 g/mol. The Morgan fingerprint density at radius 1 is 1.19 bits per heavy atom. The molecule has 1 saturated heterocycles. The van der Waals surface area contributed by atoms with Crippen LogP contribution in [0.15, 0.2) is 37.2 Å². The second-order valence-electron chi connectivity index (χ2n) is 6.48. The lowest BCUT2D eigenvalue weighted by molar-refractivity contribution is 0.632. The van der Waals surface area contributed by atoms with Gasteiger partial charge in [-0.05, 0) is 19.4 Å². The van der Waals surface area contributed by atoms with E-state index in [1.54, 1.807) is 10.9 Å². The zero-order valence-electron chi connectivity index (χ0n) is 14.3. The highest BCUT2D eigenvalue weighted by molar-refractivity contribution is 5.72. The molecule has 3 N–H and O–H groups in total. The van der Waals surface area contributed by atoms with Gasteiger partial charge in [0, 0.05) is 37.2 Å². The molecule has 26 heavy (non-hydrogen) atoms. The van der Waals surface area contributed by atoms with Crippen LogP contribution in [0.1, 0.15) is 24.6 Å². The molecule has 1 fully saturated rings. The van der Waals surface area contributed by atoms with Gasteiger partial charge in [-0.2, -0.15) is 5.10 Å². The molecule has 9 heteroatoms. The molecule has 5 heterocycles. The van der Waals surface area contributed by atoms with Crippen molar-refractivity contribution in [2.75, 3.05) is 11.9 Å². The summed E-state index contributed by atoms with van der Waals surface area (Å²) < 4.78 is 3.77. The van der Waals surface area contributed by atoms with Crippen LogP contribution in [-0.4, -0.2) is 40.7 Å². The van der Waals surface area contributed by atoms with Gasteiger partial charge >= 0.3 is 0 Å². The fraction of sp³-hybridized carbons (Fsp3) is 0.294. The molecule has 1 aliphatic heterocycles. The minimum absolute atomic E-state index is 0.352. The van der Waals surface area contributed by atoms with E-state index in [0.717, 1.165) is 35.6 Å². The third kappa shape index (κ3) is 2.53. The van der Waals surface area contributed by atoms with E-state index in [4.69, 9.17) is 0 Å². The Kier molecular flexibility index (Phi) is 3.45. The first-order valence-corrected chi connectivity index (χ1v) is 8.64. The average Bonchev–Trinajstić information content (AvgIpc) is 3.42. The van der Waals surface area contributed by atoms with Gasteiger partial charge in [0.25, 0.3) is 0 Å². The number of imidazole rings is 2. The number of aryl methyl sites for hydroxylation is 1. The number of hydrogen-bond acceptors (Lipinski definition) is 6. The summed E-state index contributed by atoms with van der Waals surface area (Å²) in [6, 6.07) is 0.352. The van der Waals surface area contributed by atoms with Crippen molar-refractivity contribution >= 4 is 17.4 Å². The number of nitrogens with zero attached hydrogens (tertiary/aromatic N) is 6. The van der Waals surface area contributed by atoms with Gasteiger partial charge in [-0.3, -0.25) is 9.08 Å². The monoisotopic (exact) mass is 349 g/mol. The van der Waals surface area contributed by atoms with E-state index < -0.39 is 0 Å². The van der Waals surface area contributed by atoms with Crippen LogP contribution in [-0.2, 0) is 7.05 Å². The van der Waals surface area contributed by atoms with Gasteiger partial charge in [-0.25, -0.2) is 15.0 Å². The van der Waals surface area contributed by atoms with Gasteiger partial charge in [-0.1, -0.05) is 0 Å². The Labute approximate surface area is 149 Å². The Morgan fingerprint density at radius 3 is 2.96 bits per heavy atom. The molecule has 4 aromatic rings. The number of fused-ring (bicyclic) bond motifs is 1. The molecule has 5 rings (SSSR count). The Morgan fingerprint density at radius 2 is 2.15 bits per heavy atom. The van der Waals surface area contributed by atoms with Crippen LogP contribution in [0, 0.1) is 0 Å². The number of anilines is 2. The quantitative estimate of drug-likeness (QED) is 0.521. The van der Waals surface area contributed by atoms with Crippen LogP contribution in [0.3, 0.4) is 0 Å². The lowest BCUT2D eigenvalue weighted by Crippen LogP contribution is -2.13. The van der Waals surface area contributed by atoms with Crippen molar-refractivity contribution in [2.24, 2.45) is 7.05 Å². The van der Waals surface area contributed by atoms with E-state index in [-0.39, 0.29) is 0 Å². The Bertz CT molecular complexity index is 1050. The second-order valence-corrected chi connectivity index (χ2v) is 6.48. The van der Waals surface area contributed by atoms with Crippen LogP contribution < -0.4 is 10.6 Å². The molecule has 0 amide bonds. The second kappa shape index (κ2) is 5.95. The Balaban J connectivity index is 1.47. The fourth-order valence-electron chi connectivity index (χ4n) is 3.41. The molecule has 4 aromatic heterocycles. The summed E-state index contributed by atoms with van der Waals surface area (Å²) in [7, 11) is 1.90. The lowest BCUT2D eigenvalue weighted by atomic mass is 10.2. The summed E-state index contributed by atoms with van der Waals surface area (Å²) in [6.45, 7) is 1.05. The maximum Gasteiger partial charge on any atom is 0.206 e. The average molecular weight is 349 g/mol. The third-order valence-corrected chi connectivity index (χ3v) is 4.70. The van der Waals surface area contributed by atoms with Crippen molar-refractivity contribution in [3.05, 3.63) is 42.9 Å². The standard InChI is InChI=1S/C17H19N9/c1-25-10-11(7-22-25)14-9-20-16-15(19-5-6-26(14)16)24-17-21-8-13(23-17)12-3-2-4-18-12/h5-10,12,18H,2-4H2,1H3,(H2,19,21,23,24). The van der Waals surface area contributed by atoms with Crippen LogP contribution in [0.2, 0.25) is 0 Å². The van der Waals surface area contributed by atoms with E-state index in [2.05, 4.69) is 35.7 Å². The van der Waals surface area contributed by atoms with E-state index in [1.807, 2.05) is 42.4 Å². The van der Waals surface area contributed by atoms with E-state index >= 15 is 0 Å². The predicted octanol–water partition coefficient (Wildman–Crippen LogP) is 2.02. The molecule has 9 nitrogen and oxygen atoms in total. The maximum absolute atomic E-state index is 4.53. The molecular formula is C17H19N9. The molecule has 0 spiro atoms. The SMILES string of the molecule is Cn1cc(-c2cnc3c(Nc4ncc(C5CCCN5)[nH]4)nccn23)cn1. The van der Waals surface area contributed by atoms with Crippen molar-refractivity contribution < 1.29 is 0 Å². The van der Waals surface area contributed by atoms with Crippen LogP contribution in [0.4, 0.5) is 11.8 Å². The summed E-state index contributed by atoms with van der Waals surface area (Å²) in [5.41, 5.74) is 3.80. The normalized spacial score (nSPS) is 17.2. The van der Waals surface area contributed by atoms with Crippen molar-refractivity contribution in [2.45, 2.75) is 18.9 Å². The smallest absolute Gasteiger partial charge is 0.206 e. The summed E-state index contributed by atoms with van der Waals surface area (Å²) in [6.07, 6.45) is 13.5.